The highest BCUT2D eigenvalue weighted by atomic mass is 32.2. The van der Waals surface area contributed by atoms with Gasteiger partial charge in [0.05, 0.1) is 23.9 Å². The summed E-state index contributed by atoms with van der Waals surface area (Å²) in [6.07, 6.45) is 0. The van der Waals surface area contributed by atoms with Crippen molar-refractivity contribution in [2.24, 2.45) is 0 Å². The highest BCUT2D eigenvalue weighted by Crippen LogP contribution is 2.33. The van der Waals surface area contributed by atoms with Gasteiger partial charge in [0.25, 0.3) is 10.0 Å². The number of hydrogen-bond acceptors (Lipinski definition) is 6. The van der Waals surface area contributed by atoms with Crippen LogP contribution in [0.1, 0.15) is 18.1 Å². The number of sulfonamides is 1. The van der Waals surface area contributed by atoms with Crippen molar-refractivity contribution in [2.75, 3.05) is 18.4 Å². The Morgan fingerprint density at radius 2 is 1.88 bits per heavy atom. The van der Waals surface area contributed by atoms with E-state index in [2.05, 4.69) is 9.71 Å². The fraction of sp³-hybridized carbons (Fsp3) is 0.278. The Morgan fingerprint density at radius 1 is 1.15 bits per heavy atom. The lowest BCUT2D eigenvalue weighted by molar-refractivity contribution is 0.341. The predicted molar refractivity (Wildman–Crippen MR) is 104 cm³/mol. The van der Waals surface area contributed by atoms with E-state index in [-0.39, 0.29) is 4.90 Å². The van der Waals surface area contributed by atoms with E-state index < -0.39 is 10.0 Å². The number of hydrogen-bond donors (Lipinski definition) is 1. The third-order valence-electron chi connectivity index (χ3n) is 3.96. The van der Waals surface area contributed by atoms with E-state index in [0.29, 0.717) is 23.0 Å². The number of nitrogens with one attached hydrogen (secondary N) is 1. The predicted octanol–water partition coefficient (Wildman–Crippen LogP) is 4.12. The van der Waals surface area contributed by atoms with Crippen molar-refractivity contribution >= 4 is 36.7 Å². The van der Waals surface area contributed by atoms with Crippen molar-refractivity contribution in [2.45, 2.75) is 25.7 Å². The minimum absolute atomic E-state index is 0.0948. The summed E-state index contributed by atoms with van der Waals surface area (Å²) in [4.78, 5) is 4.45. The molecule has 0 atom stereocenters. The van der Waals surface area contributed by atoms with Crippen molar-refractivity contribution in [3.8, 4) is 11.5 Å². The molecule has 0 spiro atoms. The van der Waals surface area contributed by atoms with E-state index in [1.54, 1.807) is 12.1 Å². The standard InChI is InChI=1S/C18H20N2O4S2/c1-5-24-13-6-7-14-16(10-13)25-18(19-14)20-26(21,22)17-9-12(3)11(2)8-15(17)23-4/h6-10H,5H2,1-4H3,(H,19,20). The molecule has 0 bridgehead atoms. The lowest BCUT2D eigenvalue weighted by Crippen LogP contribution is -2.14. The van der Waals surface area contributed by atoms with E-state index in [1.165, 1.54) is 18.4 Å². The molecule has 138 valence electrons. The number of fused-ring (bicyclic) bond motifs is 1. The molecule has 1 heterocycles. The van der Waals surface area contributed by atoms with Crippen LogP contribution in [-0.2, 0) is 10.0 Å². The topological polar surface area (TPSA) is 77.5 Å². The van der Waals surface area contributed by atoms with Crippen molar-refractivity contribution in [1.82, 2.24) is 4.98 Å². The van der Waals surface area contributed by atoms with Gasteiger partial charge in [0.2, 0.25) is 0 Å². The molecule has 0 saturated carbocycles. The van der Waals surface area contributed by atoms with Gasteiger partial charge >= 0.3 is 0 Å². The molecule has 6 nitrogen and oxygen atoms in total. The normalized spacial score (nSPS) is 11.5. The van der Waals surface area contributed by atoms with Gasteiger partial charge in [-0.05, 0) is 62.2 Å². The maximum absolute atomic E-state index is 12.8. The molecule has 2 aromatic carbocycles. The van der Waals surface area contributed by atoms with Crippen LogP contribution in [0.2, 0.25) is 0 Å². The lowest BCUT2D eigenvalue weighted by Gasteiger charge is -2.12. The van der Waals surface area contributed by atoms with Crippen LogP contribution < -0.4 is 14.2 Å². The fourth-order valence-electron chi connectivity index (χ4n) is 2.51. The molecule has 3 aromatic rings. The summed E-state index contributed by atoms with van der Waals surface area (Å²) >= 11 is 1.26. The summed E-state index contributed by atoms with van der Waals surface area (Å²) in [5.41, 5.74) is 2.55. The smallest absolute Gasteiger partial charge is 0.267 e. The summed E-state index contributed by atoms with van der Waals surface area (Å²) in [5.74, 6) is 1.04. The lowest BCUT2D eigenvalue weighted by atomic mass is 10.1. The highest BCUT2D eigenvalue weighted by Gasteiger charge is 2.22. The van der Waals surface area contributed by atoms with E-state index in [9.17, 15) is 8.42 Å². The van der Waals surface area contributed by atoms with Gasteiger partial charge in [0.1, 0.15) is 16.4 Å². The molecule has 1 N–H and O–H groups in total. The van der Waals surface area contributed by atoms with Gasteiger partial charge in [-0.1, -0.05) is 11.3 Å². The summed E-state index contributed by atoms with van der Waals surface area (Å²) in [6, 6.07) is 8.81. The molecule has 8 heteroatoms. The molecule has 1 aromatic heterocycles. The fourth-order valence-corrected chi connectivity index (χ4v) is 4.87. The number of benzene rings is 2. The van der Waals surface area contributed by atoms with Crippen LogP contribution in [0.5, 0.6) is 11.5 Å². The van der Waals surface area contributed by atoms with Crippen LogP contribution in [0.15, 0.2) is 35.2 Å². The first-order valence-electron chi connectivity index (χ1n) is 8.05. The number of ether oxygens (including phenoxy) is 2. The molecule has 0 aliphatic heterocycles. The van der Waals surface area contributed by atoms with Crippen molar-refractivity contribution in [1.29, 1.82) is 0 Å². The number of thiazole rings is 1. The zero-order valence-corrected chi connectivity index (χ0v) is 16.6. The first-order valence-corrected chi connectivity index (χ1v) is 10.4. The Kier molecular flexibility index (Phi) is 5.06. The Morgan fingerprint density at radius 3 is 2.58 bits per heavy atom. The van der Waals surface area contributed by atoms with Crippen molar-refractivity contribution < 1.29 is 17.9 Å². The quantitative estimate of drug-likeness (QED) is 0.683. The molecule has 26 heavy (non-hydrogen) atoms. The first kappa shape index (κ1) is 18.5. The Bertz CT molecular complexity index is 1060. The van der Waals surface area contributed by atoms with E-state index >= 15 is 0 Å². The van der Waals surface area contributed by atoms with Crippen LogP contribution in [0.3, 0.4) is 0 Å². The van der Waals surface area contributed by atoms with Crippen molar-refractivity contribution in [3.63, 3.8) is 0 Å². The third kappa shape index (κ3) is 3.61. The molecule has 0 fully saturated rings. The van der Waals surface area contributed by atoms with Crippen LogP contribution in [0, 0.1) is 13.8 Å². The van der Waals surface area contributed by atoms with E-state index in [4.69, 9.17) is 9.47 Å². The van der Waals surface area contributed by atoms with Gasteiger partial charge in [-0.2, -0.15) is 0 Å². The number of anilines is 1. The average Bonchev–Trinajstić information content (AvgIpc) is 2.97. The Balaban J connectivity index is 1.97. The van der Waals surface area contributed by atoms with Gasteiger partial charge in [-0.3, -0.25) is 4.72 Å². The van der Waals surface area contributed by atoms with Crippen LogP contribution in [-0.4, -0.2) is 27.1 Å². The minimum Gasteiger partial charge on any atom is -0.495 e. The molecule has 0 aliphatic carbocycles. The third-order valence-corrected chi connectivity index (χ3v) is 6.39. The van der Waals surface area contributed by atoms with Crippen LogP contribution >= 0.6 is 11.3 Å². The Labute approximate surface area is 156 Å². The second kappa shape index (κ2) is 7.13. The van der Waals surface area contributed by atoms with Gasteiger partial charge in [0, 0.05) is 0 Å². The second-order valence-corrected chi connectivity index (χ2v) is 8.46. The van der Waals surface area contributed by atoms with Gasteiger partial charge in [-0.25, -0.2) is 13.4 Å². The summed E-state index contributed by atoms with van der Waals surface area (Å²) in [7, 11) is -2.37. The number of nitrogens with zero attached hydrogens (tertiary/aromatic N) is 1. The molecular weight excluding hydrogens is 372 g/mol. The van der Waals surface area contributed by atoms with Gasteiger partial charge in [0.15, 0.2) is 5.13 Å². The highest BCUT2D eigenvalue weighted by molar-refractivity contribution is 7.93. The minimum atomic E-state index is -3.82. The summed E-state index contributed by atoms with van der Waals surface area (Å²) in [5, 5.41) is 0.300. The molecular formula is C18H20N2O4S2. The number of aryl methyl sites for hydroxylation is 2. The molecule has 0 amide bonds. The summed E-state index contributed by atoms with van der Waals surface area (Å²) < 4.78 is 39.8. The zero-order chi connectivity index (χ0) is 18.9. The van der Waals surface area contributed by atoms with Crippen LogP contribution in [0.4, 0.5) is 5.13 Å². The molecule has 0 aliphatic rings. The largest absolute Gasteiger partial charge is 0.495 e. The molecule has 0 unspecified atom stereocenters. The molecule has 3 rings (SSSR count). The van der Waals surface area contributed by atoms with Crippen LogP contribution in [0.25, 0.3) is 10.2 Å². The summed E-state index contributed by atoms with van der Waals surface area (Å²) in [6.45, 7) is 6.25. The van der Waals surface area contributed by atoms with E-state index in [0.717, 1.165) is 21.6 Å². The SMILES string of the molecule is CCOc1ccc2nc(NS(=O)(=O)c3cc(C)c(C)cc3OC)sc2c1. The second-order valence-electron chi connectivity index (χ2n) is 5.77. The number of rotatable bonds is 6. The van der Waals surface area contributed by atoms with Gasteiger partial charge < -0.3 is 9.47 Å². The maximum atomic E-state index is 12.8. The molecule has 0 saturated heterocycles. The number of methoxy groups -OCH3 is 1. The Hall–Kier alpha value is -2.32. The average molecular weight is 393 g/mol. The number of aromatic nitrogens is 1. The van der Waals surface area contributed by atoms with Gasteiger partial charge in [-0.15, -0.1) is 0 Å². The monoisotopic (exact) mass is 392 g/mol. The first-order chi connectivity index (χ1) is 12.3. The molecule has 0 radical (unpaired) electrons. The van der Waals surface area contributed by atoms with Crippen molar-refractivity contribution in [3.05, 3.63) is 41.5 Å². The maximum Gasteiger partial charge on any atom is 0.267 e. The zero-order valence-electron chi connectivity index (χ0n) is 15.0. The van der Waals surface area contributed by atoms with E-state index in [1.807, 2.05) is 39.0 Å².